The minimum atomic E-state index is -0.885. The van der Waals surface area contributed by atoms with Gasteiger partial charge in [-0.3, -0.25) is 4.79 Å². The van der Waals surface area contributed by atoms with Crippen molar-refractivity contribution in [2.75, 3.05) is 13.7 Å². The second kappa shape index (κ2) is 10.1. The standard InChI is InChI=1S/C22H23N3O5/c1-29-21(27)19(11-16-12-23-18-10-6-5-9-17(16)18)25-20(26)13-24-22(28)30-14-15-7-3-2-4-8-15/h2-10,12,19,23H,11,13-14H2,1H3,(H,24,28)(H,25,26). The number of hydrogen-bond donors (Lipinski definition) is 3. The molecule has 1 aromatic heterocycles. The fourth-order valence-corrected chi connectivity index (χ4v) is 3.03. The maximum absolute atomic E-state index is 12.2. The molecule has 0 spiro atoms. The number of alkyl carbamates (subject to hydrolysis) is 1. The number of rotatable bonds is 8. The van der Waals surface area contributed by atoms with Gasteiger partial charge >= 0.3 is 12.1 Å². The summed E-state index contributed by atoms with van der Waals surface area (Å²) >= 11 is 0. The molecule has 1 atom stereocenters. The van der Waals surface area contributed by atoms with Gasteiger partial charge in [-0.05, 0) is 17.2 Å². The molecule has 30 heavy (non-hydrogen) atoms. The molecule has 2 aromatic carbocycles. The normalized spacial score (nSPS) is 11.5. The average molecular weight is 409 g/mol. The van der Waals surface area contributed by atoms with Crippen LogP contribution in [0.5, 0.6) is 0 Å². The van der Waals surface area contributed by atoms with E-state index in [-0.39, 0.29) is 19.6 Å². The molecule has 0 aliphatic carbocycles. The number of aromatic nitrogens is 1. The molecule has 1 unspecified atom stereocenters. The van der Waals surface area contributed by atoms with Crippen molar-refractivity contribution in [1.82, 2.24) is 15.6 Å². The van der Waals surface area contributed by atoms with Gasteiger partial charge in [0.25, 0.3) is 0 Å². The molecule has 0 fully saturated rings. The molecule has 0 saturated carbocycles. The fraction of sp³-hybridized carbons (Fsp3) is 0.227. The van der Waals surface area contributed by atoms with Crippen LogP contribution in [-0.4, -0.2) is 42.7 Å². The van der Waals surface area contributed by atoms with Gasteiger partial charge in [-0.25, -0.2) is 9.59 Å². The van der Waals surface area contributed by atoms with Gasteiger partial charge in [-0.2, -0.15) is 0 Å². The van der Waals surface area contributed by atoms with Crippen LogP contribution in [0.25, 0.3) is 10.9 Å². The third kappa shape index (κ3) is 5.60. The lowest BCUT2D eigenvalue weighted by atomic mass is 10.0. The lowest BCUT2D eigenvalue weighted by molar-refractivity contribution is -0.144. The largest absolute Gasteiger partial charge is 0.467 e. The van der Waals surface area contributed by atoms with Crippen LogP contribution < -0.4 is 10.6 Å². The first-order chi connectivity index (χ1) is 14.6. The van der Waals surface area contributed by atoms with Gasteiger partial charge in [-0.15, -0.1) is 0 Å². The van der Waals surface area contributed by atoms with Crippen LogP contribution in [0.1, 0.15) is 11.1 Å². The fourth-order valence-electron chi connectivity index (χ4n) is 3.03. The van der Waals surface area contributed by atoms with E-state index in [2.05, 4.69) is 15.6 Å². The van der Waals surface area contributed by atoms with E-state index in [0.29, 0.717) is 0 Å². The number of fused-ring (bicyclic) bond motifs is 1. The maximum Gasteiger partial charge on any atom is 0.407 e. The number of ether oxygens (including phenoxy) is 2. The van der Waals surface area contributed by atoms with Crippen molar-refractivity contribution in [2.45, 2.75) is 19.1 Å². The number of carbonyl (C=O) groups excluding carboxylic acids is 3. The molecule has 0 aliphatic heterocycles. The summed E-state index contributed by atoms with van der Waals surface area (Å²) in [6.45, 7) is -0.228. The Morgan fingerprint density at radius 3 is 2.53 bits per heavy atom. The molecule has 3 N–H and O–H groups in total. The summed E-state index contributed by atoms with van der Waals surface area (Å²) in [7, 11) is 1.26. The second-order valence-electron chi connectivity index (χ2n) is 6.62. The Bertz CT molecular complexity index is 1020. The highest BCUT2D eigenvalue weighted by Crippen LogP contribution is 2.19. The van der Waals surface area contributed by atoms with Crippen LogP contribution >= 0.6 is 0 Å². The summed E-state index contributed by atoms with van der Waals surface area (Å²) in [6, 6.07) is 16.0. The molecule has 1 heterocycles. The summed E-state index contributed by atoms with van der Waals surface area (Å²) in [5, 5.41) is 5.94. The third-order valence-electron chi connectivity index (χ3n) is 4.53. The summed E-state index contributed by atoms with van der Waals surface area (Å²) in [5.41, 5.74) is 2.64. The van der Waals surface area contributed by atoms with Gasteiger partial charge in [0, 0.05) is 23.5 Å². The number of nitrogens with one attached hydrogen (secondary N) is 3. The van der Waals surface area contributed by atoms with Crippen molar-refractivity contribution >= 4 is 28.9 Å². The molecule has 0 aliphatic rings. The number of hydrogen-bond acceptors (Lipinski definition) is 5. The minimum Gasteiger partial charge on any atom is -0.467 e. The Morgan fingerprint density at radius 1 is 1.03 bits per heavy atom. The van der Waals surface area contributed by atoms with Crippen LogP contribution in [0.15, 0.2) is 60.8 Å². The maximum atomic E-state index is 12.2. The monoisotopic (exact) mass is 409 g/mol. The van der Waals surface area contributed by atoms with Gasteiger partial charge in [0.05, 0.1) is 7.11 Å². The Balaban J connectivity index is 1.52. The van der Waals surface area contributed by atoms with E-state index in [1.54, 1.807) is 6.20 Å². The second-order valence-corrected chi connectivity index (χ2v) is 6.62. The zero-order valence-corrected chi connectivity index (χ0v) is 16.5. The van der Waals surface area contributed by atoms with Crippen LogP contribution in [0.3, 0.4) is 0 Å². The zero-order chi connectivity index (χ0) is 21.3. The van der Waals surface area contributed by atoms with Crippen molar-refractivity contribution in [1.29, 1.82) is 0 Å². The molecular formula is C22H23N3O5. The van der Waals surface area contributed by atoms with Gasteiger partial charge in [0.1, 0.15) is 19.2 Å². The van der Waals surface area contributed by atoms with Crippen molar-refractivity contribution in [3.63, 3.8) is 0 Å². The number of aromatic amines is 1. The number of methoxy groups -OCH3 is 1. The number of esters is 1. The predicted octanol–water partition coefficient (Wildman–Crippen LogP) is 2.29. The van der Waals surface area contributed by atoms with E-state index >= 15 is 0 Å². The summed E-state index contributed by atoms with van der Waals surface area (Å²) in [5.74, 6) is -1.10. The van der Waals surface area contributed by atoms with E-state index in [1.165, 1.54) is 7.11 Å². The molecular weight excluding hydrogens is 386 g/mol. The molecule has 0 radical (unpaired) electrons. The number of para-hydroxylation sites is 1. The van der Waals surface area contributed by atoms with Crippen molar-refractivity contribution < 1.29 is 23.9 Å². The molecule has 0 saturated heterocycles. The van der Waals surface area contributed by atoms with Crippen LogP contribution in [-0.2, 0) is 32.1 Å². The summed E-state index contributed by atoms with van der Waals surface area (Å²) < 4.78 is 9.87. The summed E-state index contributed by atoms with van der Waals surface area (Å²) in [4.78, 5) is 39.3. The molecule has 8 heteroatoms. The molecule has 0 bridgehead atoms. The Morgan fingerprint density at radius 2 is 1.77 bits per heavy atom. The Hall–Kier alpha value is -3.81. The molecule has 8 nitrogen and oxygen atoms in total. The lowest BCUT2D eigenvalue weighted by Gasteiger charge is -2.16. The van der Waals surface area contributed by atoms with E-state index in [0.717, 1.165) is 22.0 Å². The van der Waals surface area contributed by atoms with E-state index in [4.69, 9.17) is 9.47 Å². The van der Waals surface area contributed by atoms with Crippen molar-refractivity contribution in [2.24, 2.45) is 0 Å². The third-order valence-corrected chi connectivity index (χ3v) is 4.53. The van der Waals surface area contributed by atoms with Gasteiger partial charge in [0.15, 0.2) is 0 Å². The highest BCUT2D eigenvalue weighted by atomic mass is 16.5. The Labute approximate surface area is 173 Å². The zero-order valence-electron chi connectivity index (χ0n) is 16.5. The highest BCUT2D eigenvalue weighted by molar-refractivity contribution is 5.88. The molecule has 156 valence electrons. The molecule has 3 rings (SSSR count). The van der Waals surface area contributed by atoms with E-state index < -0.39 is 24.0 Å². The lowest BCUT2D eigenvalue weighted by Crippen LogP contribution is -2.47. The van der Waals surface area contributed by atoms with Gasteiger partial charge in [0.2, 0.25) is 5.91 Å². The first-order valence-electron chi connectivity index (χ1n) is 9.43. The summed E-state index contributed by atoms with van der Waals surface area (Å²) in [6.07, 6.45) is 1.33. The predicted molar refractivity (Wildman–Crippen MR) is 111 cm³/mol. The average Bonchev–Trinajstić information content (AvgIpc) is 3.19. The molecule has 3 aromatic rings. The van der Waals surface area contributed by atoms with Crippen LogP contribution in [0, 0.1) is 0 Å². The van der Waals surface area contributed by atoms with E-state index in [9.17, 15) is 14.4 Å². The quantitative estimate of drug-likeness (QED) is 0.495. The highest BCUT2D eigenvalue weighted by Gasteiger charge is 2.23. The number of benzene rings is 2. The number of carbonyl (C=O) groups is 3. The van der Waals surface area contributed by atoms with Crippen molar-refractivity contribution in [3.05, 3.63) is 71.9 Å². The van der Waals surface area contributed by atoms with Gasteiger partial charge in [-0.1, -0.05) is 48.5 Å². The minimum absolute atomic E-state index is 0.0969. The van der Waals surface area contributed by atoms with Crippen LogP contribution in [0.4, 0.5) is 4.79 Å². The number of amides is 2. The first kappa shape index (κ1) is 20.9. The number of H-pyrrole nitrogens is 1. The van der Waals surface area contributed by atoms with E-state index in [1.807, 2.05) is 54.6 Å². The van der Waals surface area contributed by atoms with Gasteiger partial charge < -0.3 is 25.1 Å². The van der Waals surface area contributed by atoms with Crippen molar-refractivity contribution in [3.8, 4) is 0 Å². The van der Waals surface area contributed by atoms with Crippen LogP contribution in [0.2, 0.25) is 0 Å². The first-order valence-corrected chi connectivity index (χ1v) is 9.43. The molecule has 2 amide bonds. The Kier molecular flexibility index (Phi) is 7.05. The SMILES string of the molecule is COC(=O)C(Cc1c[nH]c2ccccc12)NC(=O)CNC(=O)OCc1ccccc1. The smallest absolute Gasteiger partial charge is 0.407 e. The topological polar surface area (TPSA) is 110 Å².